The second kappa shape index (κ2) is 7.99. The van der Waals surface area contributed by atoms with Gasteiger partial charge in [0.15, 0.2) is 0 Å². The summed E-state index contributed by atoms with van der Waals surface area (Å²) >= 11 is 0. The van der Waals surface area contributed by atoms with Gasteiger partial charge in [0.1, 0.15) is 0 Å². The number of hydrogen-bond acceptors (Lipinski definition) is 3. The maximum absolute atomic E-state index is 10.3. The predicted octanol–water partition coefficient (Wildman–Crippen LogP) is 1.61. The van der Waals surface area contributed by atoms with Crippen LogP contribution in [0.3, 0.4) is 0 Å². The zero-order chi connectivity index (χ0) is 11.0. The van der Waals surface area contributed by atoms with Crippen molar-refractivity contribution in [1.82, 2.24) is 0 Å². The summed E-state index contributed by atoms with van der Waals surface area (Å²) in [4.78, 5) is 20.5. The number of rotatable bonds is 8. The van der Waals surface area contributed by atoms with Crippen LogP contribution >= 0.6 is 20.7 Å². The Morgan fingerprint density at radius 3 is 2.21 bits per heavy atom. The maximum atomic E-state index is 10.3. The summed E-state index contributed by atoms with van der Waals surface area (Å²) < 4.78 is 0. The minimum absolute atomic E-state index is 0.163. The Labute approximate surface area is 89.8 Å². The van der Waals surface area contributed by atoms with Crippen LogP contribution in [0.5, 0.6) is 0 Å². The molecule has 0 aliphatic carbocycles. The molecule has 2 N–H and O–H groups in total. The van der Waals surface area contributed by atoms with Crippen molar-refractivity contribution in [2.75, 3.05) is 17.3 Å². The third kappa shape index (κ3) is 8.25. The quantitative estimate of drug-likeness (QED) is 0.444. The smallest absolute Gasteiger partial charge is 0.304 e. The molecule has 0 amide bonds. The lowest BCUT2D eigenvalue weighted by Gasteiger charge is -2.16. The van der Waals surface area contributed by atoms with Gasteiger partial charge in [0, 0.05) is 5.75 Å². The summed E-state index contributed by atoms with van der Waals surface area (Å²) in [5.41, 5.74) is 0. The Bertz CT molecular complexity index is 196. The lowest BCUT2D eigenvalue weighted by atomic mass is 10.5. The van der Waals surface area contributed by atoms with Crippen LogP contribution < -0.4 is 0 Å². The largest absolute Gasteiger partial charge is 0.481 e. The Morgan fingerprint density at radius 2 is 1.79 bits per heavy atom. The molecule has 0 heterocycles. The molecule has 0 aliphatic rings. The van der Waals surface area contributed by atoms with Gasteiger partial charge in [-0.1, -0.05) is 6.92 Å². The Balaban J connectivity index is 3.57. The standard InChI is InChI=1S/C8H16O4S2/c1-2-14(6-4-8(11)12)13-5-3-7(9)10/h14H,2-6H2,1H3,(H,9,10)(H,11,12). The van der Waals surface area contributed by atoms with Crippen molar-refractivity contribution in [3.63, 3.8) is 0 Å². The molecule has 0 radical (unpaired) electrons. The molecule has 0 spiro atoms. The van der Waals surface area contributed by atoms with Gasteiger partial charge in [-0.15, -0.1) is 10.8 Å². The number of thiol groups is 1. The third-order valence-corrected chi connectivity index (χ3v) is 6.66. The molecule has 1 unspecified atom stereocenters. The van der Waals surface area contributed by atoms with Gasteiger partial charge in [0.2, 0.25) is 0 Å². The third-order valence-electron chi connectivity index (χ3n) is 1.52. The molecule has 0 rings (SSSR count). The average Bonchev–Trinajstić information content (AvgIpc) is 2.10. The van der Waals surface area contributed by atoms with E-state index in [1.807, 2.05) is 6.92 Å². The monoisotopic (exact) mass is 240 g/mol. The Hall–Kier alpha value is -0.360. The fourth-order valence-corrected chi connectivity index (χ4v) is 4.65. The number of carbonyl (C=O) groups is 2. The molecule has 0 bridgehead atoms. The summed E-state index contributed by atoms with van der Waals surface area (Å²) in [6.45, 7) is 2.02. The van der Waals surface area contributed by atoms with E-state index < -0.39 is 11.9 Å². The molecular weight excluding hydrogens is 224 g/mol. The molecule has 0 saturated carbocycles. The van der Waals surface area contributed by atoms with E-state index in [0.717, 1.165) is 5.75 Å². The van der Waals surface area contributed by atoms with E-state index in [4.69, 9.17) is 10.2 Å². The molecule has 4 nitrogen and oxygen atoms in total. The molecule has 0 saturated heterocycles. The summed E-state index contributed by atoms with van der Waals surface area (Å²) in [6.07, 6.45) is 0.357. The first kappa shape index (κ1) is 13.6. The SMILES string of the molecule is CC[SH](CCC(=O)O)SCCC(=O)O. The summed E-state index contributed by atoms with van der Waals surface area (Å²) in [5, 5.41) is 16.9. The van der Waals surface area contributed by atoms with Gasteiger partial charge in [-0.3, -0.25) is 9.59 Å². The summed E-state index contributed by atoms with van der Waals surface area (Å²) in [7, 11) is 1.26. The summed E-state index contributed by atoms with van der Waals surface area (Å²) in [6, 6.07) is 0. The van der Waals surface area contributed by atoms with Crippen LogP contribution in [0.1, 0.15) is 19.8 Å². The van der Waals surface area contributed by atoms with Crippen molar-refractivity contribution < 1.29 is 19.8 Å². The highest BCUT2D eigenvalue weighted by Gasteiger charge is 2.06. The molecule has 0 aromatic carbocycles. The van der Waals surface area contributed by atoms with E-state index in [2.05, 4.69) is 0 Å². The normalized spacial score (nSPS) is 13.6. The van der Waals surface area contributed by atoms with Crippen LogP contribution in [0.25, 0.3) is 0 Å². The molecular formula is C8H16O4S2. The Kier molecular flexibility index (Phi) is 7.78. The molecule has 0 aromatic heterocycles. The lowest BCUT2D eigenvalue weighted by molar-refractivity contribution is -0.137. The fraction of sp³-hybridized carbons (Fsp3) is 0.750. The Morgan fingerprint density at radius 1 is 1.21 bits per heavy atom. The highest BCUT2D eigenvalue weighted by atomic mass is 33.1. The first-order valence-corrected chi connectivity index (χ1v) is 7.68. The van der Waals surface area contributed by atoms with Crippen LogP contribution in [0.4, 0.5) is 0 Å². The van der Waals surface area contributed by atoms with Gasteiger partial charge in [-0.05, 0) is 11.5 Å². The van der Waals surface area contributed by atoms with Gasteiger partial charge >= 0.3 is 11.9 Å². The molecule has 6 heteroatoms. The topological polar surface area (TPSA) is 74.6 Å². The number of carboxylic acids is 2. The highest BCUT2D eigenvalue weighted by Crippen LogP contribution is 2.40. The van der Waals surface area contributed by atoms with E-state index in [1.165, 1.54) is 0 Å². The van der Waals surface area contributed by atoms with Crippen molar-refractivity contribution in [3.05, 3.63) is 0 Å². The van der Waals surface area contributed by atoms with Crippen molar-refractivity contribution in [2.45, 2.75) is 19.8 Å². The molecule has 84 valence electrons. The van der Waals surface area contributed by atoms with Crippen LogP contribution in [0.2, 0.25) is 0 Å². The van der Waals surface area contributed by atoms with Crippen LogP contribution in [0.15, 0.2) is 0 Å². The van der Waals surface area contributed by atoms with Crippen LogP contribution in [-0.4, -0.2) is 39.4 Å². The van der Waals surface area contributed by atoms with Crippen LogP contribution in [-0.2, 0) is 9.59 Å². The highest BCUT2D eigenvalue weighted by molar-refractivity contribution is 8.85. The van der Waals surface area contributed by atoms with Gasteiger partial charge in [0.05, 0.1) is 12.8 Å². The second-order valence-corrected chi connectivity index (χ2v) is 7.68. The number of aliphatic carboxylic acids is 2. The minimum Gasteiger partial charge on any atom is -0.481 e. The average molecular weight is 240 g/mol. The lowest BCUT2D eigenvalue weighted by Crippen LogP contribution is -2.01. The second-order valence-electron chi connectivity index (χ2n) is 2.64. The molecule has 0 aromatic rings. The first-order valence-electron chi connectivity index (χ1n) is 4.37. The van der Waals surface area contributed by atoms with E-state index in [1.54, 1.807) is 10.8 Å². The van der Waals surface area contributed by atoms with Gasteiger partial charge < -0.3 is 10.2 Å². The van der Waals surface area contributed by atoms with Crippen molar-refractivity contribution >= 4 is 32.7 Å². The van der Waals surface area contributed by atoms with E-state index >= 15 is 0 Å². The van der Waals surface area contributed by atoms with Crippen molar-refractivity contribution in [3.8, 4) is 0 Å². The zero-order valence-corrected chi connectivity index (χ0v) is 9.81. The molecule has 0 fully saturated rings. The summed E-state index contributed by atoms with van der Waals surface area (Å²) in [5.74, 6) is 0.666. The number of carboxylic acid groups (broad SMARTS) is 2. The van der Waals surface area contributed by atoms with Gasteiger partial charge in [-0.25, -0.2) is 9.93 Å². The van der Waals surface area contributed by atoms with Crippen molar-refractivity contribution in [2.24, 2.45) is 0 Å². The van der Waals surface area contributed by atoms with E-state index in [-0.39, 0.29) is 22.8 Å². The van der Waals surface area contributed by atoms with Gasteiger partial charge in [-0.2, -0.15) is 0 Å². The number of hydrogen-bond donors (Lipinski definition) is 3. The predicted molar refractivity (Wildman–Crippen MR) is 61.4 cm³/mol. The first-order chi connectivity index (χ1) is 6.56. The van der Waals surface area contributed by atoms with E-state index in [9.17, 15) is 9.59 Å². The molecule has 1 atom stereocenters. The van der Waals surface area contributed by atoms with Crippen LogP contribution in [0, 0.1) is 0 Å². The fourth-order valence-electron chi connectivity index (χ4n) is 0.796. The van der Waals surface area contributed by atoms with Gasteiger partial charge in [0.25, 0.3) is 0 Å². The molecule has 14 heavy (non-hydrogen) atoms. The van der Waals surface area contributed by atoms with E-state index in [0.29, 0.717) is 11.5 Å². The minimum atomic E-state index is -0.790. The zero-order valence-electron chi connectivity index (χ0n) is 8.10. The van der Waals surface area contributed by atoms with Crippen molar-refractivity contribution in [1.29, 1.82) is 0 Å². The maximum Gasteiger partial charge on any atom is 0.304 e. The molecule has 0 aliphatic heterocycles.